The zero-order valence-electron chi connectivity index (χ0n) is 15.9. The van der Waals surface area contributed by atoms with Gasteiger partial charge in [-0.05, 0) is 61.4 Å². The third-order valence-corrected chi connectivity index (χ3v) is 6.69. The van der Waals surface area contributed by atoms with E-state index < -0.39 is 28.9 Å². The van der Waals surface area contributed by atoms with Crippen LogP contribution in [-0.2, 0) is 14.8 Å². The van der Waals surface area contributed by atoms with E-state index in [9.17, 15) is 26.4 Å². The molecule has 0 aromatic heterocycles. The topological polar surface area (TPSA) is 75.7 Å². The number of hydrogen-bond donors (Lipinski definition) is 1. The molecule has 0 bridgehead atoms. The highest BCUT2D eigenvalue weighted by Crippen LogP contribution is 2.26. The van der Waals surface area contributed by atoms with Gasteiger partial charge in [-0.15, -0.1) is 0 Å². The Morgan fingerprint density at radius 3 is 2.23 bits per heavy atom. The largest absolute Gasteiger partial charge is 0.488 e. The molecule has 0 unspecified atom stereocenters. The normalized spacial score (nSPS) is 15.9. The molecule has 1 amide bonds. The van der Waals surface area contributed by atoms with Gasteiger partial charge in [0.05, 0.1) is 4.90 Å². The summed E-state index contributed by atoms with van der Waals surface area (Å²) in [4.78, 5) is 12.4. The average Bonchev–Trinajstić information content (AvgIpc) is 2.74. The van der Waals surface area contributed by atoms with E-state index in [0.29, 0.717) is 18.5 Å². The molecule has 3 rings (SSSR count). The molecule has 1 aliphatic heterocycles. The summed E-state index contributed by atoms with van der Waals surface area (Å²) in [5.41, 5.74) is 0.477. The van der Waals surface area contributed by atoms with E-state index >= 15 is 0 Å². The van der Waals surface area contributed by atoms with Crippen molar-refractivity contribution < 1.29 is 31.1 Å². The van der Waals surface area contributed by atoms with Gasteiger partial charge in [0.15, 0.2) is 0 Å². The Bertz CT molecular complexity index is 959. The van der Waals surface area contributed by atoms with E-state index in [1.165, 1.54) is 52.8 Å². The molecule has 1 heterocycles. The Morgan fingerprint density at radius 1 is 1.07 bits per heavy atom. The van der Waals surface area contributed by atoms with Crippen LogP contribution < -0.4 is 10.1 Å². The molecule has 0 atom stereocenters. The molecule has 0 radical (unpaired) electrons. The van der Waals surface area contributed by atoms with Crippen molar-refractivity contribution in [3.05, 3.63) is 54.3 Å². The standard InChI is InChI=1S/C20H21F3N2O4S/c21-15-1-3-16(4-2-15)24-20(26)14-9-11-25(12-10-14)30(27,28)18-7-5-17(6-8-18)29-13-19(22)23/h1-8,14,19H,9-13H2,(H,24,26). The molecule has 2 aromatic rings. The lowest BCUT2D eigenvalue weighted by Gasteiger charge is -2.30. The fraction of sp³-hybridized carbons (Fsp3) is 0.350. The van der Waals surface area contributed by atoms with Crippen molar-refractivity contribution in [3.8, 4) is 5.75 Å². The van der Waals surface area contributed by atoms with Crippen molar-refractivity contribution in [1.29, 1.82) is 0 Å². The quantitative estimate of drug-likeness (QED) is 0.712. The van der Waals surface area contributed by atoms with Gasteiger partial charge in [-0.25, -0.2) is 21.6 Å². The van der Waals surface area contributed by atoms with Crippen molar-refractivity contribution >= 4 is 21.6 Å². The molecular weight excluding hydrogens is 421 g/mol. The minimum atomic E-state index is -3.77. The summed E-state index contributed by atoms with van der Waals surface area (Å²) < 4.78 is 69.1. The number of ether oxygens (including phenoxy) is 1. The molecule has 1 fully saturated rings. The summed E-state index contributed by atoms with van der Waals surface area (Å²) in [5.74, 6) is -0.837. The third kappa shape index (κ3) is 5.51. The third-order valence-electron chi connectivity index (χ3n) is 4.77. The van der Waals surface area contributed by atoms with E-state index in [4.69, 9.17) is 4.74 Å². The van der Waals surface area contributed by atoms with Crippen LogP contribution in [0.25, 0.3) is 0 Å². The summed E-state index contributed by atoms with van der Waals surface area (Å²) in [6, 6.07) is 10.7. The van der Waals surface area contributed by atoms with Crippen molar-refractivity contribution in [2.75, 3.05) is 25.0 Å². The number of halogens is 3. The van der Waals surface area contributed by atoms with Gasteiger partial charge in [-0.3, -0.25) is 4.79 Å². The molecule has 30 heavy (non-hydrogen) atoms. The van der Waals surface area contributed by atoms with Crippen LogP contribution in [0.4, 0.5) is 18.9 Å². The van der Waals surface area contributed by atoms with Gasteiger partial charge in [0.25, 0.3) is 6.43 Å². The maximum absolute atomic E-state index is 13.0. The average molecular weight is 442 g/mol. The van der Waals surface area contributed by atoms with E-state index in [1.54, 1.807) is 0 Å². The Hall–Kier alpha value is -2.59. The summed E-state index contributed by atoms with van der Waals surface area (Å²) in [5, 5.41) is 2.71. The lowest BCUT2D eigenvalue weighted by Crippen LogP contribution is -2.41. The summed E-state index contributed by atoms with van der Waals surface area (Å²) in [6.45, 7) is -0.416. The van der Waals surface area contributed by atoms with Crippen molar-refractivity contribution in [2.24, 2.45) is 5.92 Å². The number of alkyl halides is 2. The van der Waals surface area contributed by atoms with E-state index in [-0.39, 0.29) is 35.6 Å². The van der Waals surface area contributed by atoms with E-state index in [0.717, 1.165) is 0 Å². The Kier molecular flexibility index (Phi) is 6.99. The number of rotatable bonds is 7. The first kappa shape index (κ1) is 22.1. The molecule has 0 saturated carbocycles. The number of nitrogens with zero attached hydrogens (tertiary/aromatic N) is 1. The fourth-order valence-corrected chi connectivity index (χ4v) is 4.62. The highest BCUT2D eigenvalue weighted by molar-refractivity contribution is 7.89. The highest BCUT2D eigenvalue weighted by atomic mass is 32.2. The van der Waals surface area contributed by atoms with Gasteiger partial charge in [0.1, 0.15) is 18.2 Å². The second kappa shape index (κ2) is 9.48. The minimum Gasteiger partial charge on any atom is -0.488 e. The molecule has 1 N–H and O–H groups in total. The van der Waals surface area contributed by atoms with Crippen LogP contribution in [-0.4, -0.2) is 44.8 Å². The Morgan fingerprint density at radius 2 is 1.67 bits per heavy atom. The van der Waals surface area contributed by atoms with Gasteiger partial charge in [-0.2, -0.15) is 4.31 Å². The molecular formula is C20H21F3N2O4S. The molecule has 10 heteroatoms. The second-order valence-corrected chi connectivity index (χ2v) is 8.79. The number of piperidine rings is 1. The van der Waals surface area contributed by atoms with Crippen LogP contribution >= 0.6 is 0 Å². The monoisotopic (exact) mass is 442 g/mol. The van der Waals surface area contributed by atoms with Crippen LogP contribution in [0.2, 0.25) is 0 Å². The first-order valence-corrected chi connectivity index (χ1v) is 10.8. The predicted octanol–water partition coefficient (Wildman–Crippen LogP) is 3.51. The highest BCUT2D eigenvalue weighted by Gasteiger charge is 2.32. The fourth-order valence-electron chi connectivity index (χ4n) is 3.15. The first-order valence-electron chi connectivity index (χ1n) is 9.33. The second-order valence-electron chi connectivity index (χ2n) is 6.85. The molecule has 0 spiro atoms. The minimum absolute atomic E-state index is 0.0288. The lowest BCUT2D eigenvalue weighted by atomic mass is 9.97. The summed E-state index contributed by atoms with van der Waals surface area (Å²) in [6.07, 6.45) is -1.92. The van der Waals surface area contributed by atoms with E-state index in [1.807, 2.05) is 0 Å². The zero-order valence-corrected chi connectivity index (χ0v) is 16.7. The molecule has 1 saturated heterocycles. The molecule has 2 aromatic carbocycles. The maximum atomic E-state index is 13.0. The zero-order chi connectivity index (χ0) is 21.7. The molecule has 0 aliphatic carbocycles. The maximum Gasteiger partial charge on any atom is 0.272 e. The van der Waals surface area contributed by atoms with E-state index in [2.05, 4.69) is 5.32 Å². The van der Waals surface area contributed by atoms with Gasteiger partial charge in [0, 0.05) is 24.7 Å². The van der Waals surface area contributed by atoms with Crippen molar-refractivity contribution in [1.82, 2.24) is 4.31 Å². The smallest absolute Gasteiger partial charge is 0.272 e. The first-order chi connectivity index (χ1) is 14.3. The number of carbonyl (C=O) groups is 1. The number of anilines is 1. The van der Waals surface area contributed by atoms with Crippen molar-refractivity contribution in [2.45, 2.75) is 24.2 Å². The summed E-state index contributed by atoms with van der Waals surface area (Å²) >= 11 is 0. The van der Waals surface area contributed by atoms with Gasteiger partial charge >= 0.3 is 0 Å². The Balaban J connectivity index is 1.56. The number of sulfonamides is 1. The van der Waals surface area contributed by atoms with Crippen LogP contribution in [0, 0.1) is 11.7 Å². The van der Waals surface area contributed by atoms with Crippen LogP contribution in [0.5, 0.6) is 5.75 Å². The number of carbonyl (C=O) groups excluding carboxylic acids is 1. The number of hydrogen-bond acceptors (Lipinski definition) is 4. The van der Waals surface area contributed by atoms with Gasteiger partial charge < -0.3 is 10.1 Å². The lowest BCUT2D eigenvalue weighted by molar-refractivity contribution is -0.120. The molecule has 1 aliphatic rings. The summed E-state index contributed by atoms with van der Waals surface area (Å²) in [7, 11) is -3.77. The Labute approximate surface area is 172 Å². The van der Waals surface area contributed by atoms with Gasteiger partial charge in [0.2, 0.25) is 15.9 Å². The number of benzene rings is 2. The van der Waals surface area contributed by atoms with Gasteiger partial charge in [-0.1, -0.05) is 0 Å². The predicted molar refractivity (Wildman–Crippen MR) is 104 cm³/mol. The SMILES string of the molecule is O=C(Nc1ccc(F)cc1)C1CCN(S(=O)(=O)c2ccc(OCC(F)F)cc2)CC1. The van der Waals surface area contributed by atoms with Crippen LogP contribution in [0.3, 0.4) is 0 Å². The molecule has 6 nitrogen and oxygen atoms in total. The van der Waals surface area contributed by atoms with Crippen molar-refractivity contribution in [3.63, 3.8) is 0 Å². The van der Waals surface area contributed by atoms with Crippen LogP contribution in [0.15, 0.2) is 53.4 Å². The number of nitrogens with one attached hydrogen (secondary N) is 1. The molecule has 162 valence electrons. The number of amides is 1. The van der Waals surface area contributed by atoms with Crippen LogP contribution in [0.1, 0.15) is 12.8 Å².